The lowest BCUT2D eigenvalue weighted by atomic mass is 10.2. The summed E-state index contributed by atoms with van der Waals surface area (Å²) in [5.41, 5.74) is 0.430. The summed E-state index contributed by atoms with van der Waals surface area (Å²) in [4.78, 5) is 11.4. The molecule has 2 rings (SSSR count). The van der Waals surface area contributed by atoms with Gasteiger partial charge in [0.05, 0.1) is 14.4 Å². The molecule has 1 aromatic heterocycles. The summed E-state index contributed by atoms with van der Waals surface area (Å²) < 4.78 is 2.34. The van der Waals surface area contributed by atoms with Crippen LogP contribution >= 0.6 is 11.3 Å². The van der Waals surface area contributed by atoms with Crippen molar-refractivity contribution >= 4 is 40.7 Å². The van der Waals surface area contributed by atoms with E-state index in [1.807, 2.05) is 12.1 Å². The predicted molar refractivity (Wildman–Crippen MR) is 95.0 cm³/mol. The Morgan fingerprint density at radius 2 is 1.67 bits per heavy atom. The molecule has 21 heavy (non-hydrogen) atoms. The predicted octanol–water partition coefficient (Wildman–Crippen LogP) is 4.63. The Kier molecular flexibility index (Phi) is 4.06. The van der Waals surface area contributed by atoms with Crippen LogP contribution < -0.4 is 4.50 Å². The number of rotatable bonds is 2. The summed E-state index contributed by atoms with van der Waals surface area (Å²) in [7, 11) is -1.27. The van der Waals surface area contributed by atoms with Crippen LogP contribution in [0, 0.1) is 0 Å². The van der Waals surface area contributed by atoms with Gasteiger partial charge in [-0.05, 0) is 32.1 Å². The topological polar surface area (TPSA) is 37.3 Å². The molecule has 4 heteroatoms. The van der Waals surface area contributed by atoms with Crippen molar-refractivity contribution in [3.8, 4) is 0 Å². The van der Waals surface area contributed by atoms with E-state index in [4.69, 9.17) is 0 Å². The van der Waals surface area contributed by atoms with Crippen LogP contribution in [-0.4, -0.2) is 19.9 Å². The number of carboxylic acid groups (broad SMARTS) is 1. The maximum atomic E-state index is 11.4. The zero-order valence-corrected chi connectivity index (χ0v) is 15.6. The Morgan fingerprint density at radius 1 is 1.10 bits per heavy atom. The molecule has 0 aliphatic heterocycles. The van der Waals surface area contributed by atoms with Gasteiger partial charge in [0.15, 0.2) is 0 Å². The van der Waals surface area contributed by atoms with Gasteiger partial charge >= 0.3 is 5.97 Å². The summed E-state index contributed by atoms with van der Waals surface area (Å²) in [5, 5.41) is 11.0. The molecule has 0 unspecified atom stereocenters. The molecular weight excluding hydrogens is 296 g/mol. The minimum Gasteiger partial charge on any atom is -0.478 e. The zero-order chi connectivity index (χ0) is 16.0. The van der Waals surface area contributed by atoms with Crippen LogP contribution in [-0.2, 0) is 0 Å². The van der Waals surface area contributed by atoms with Crippen molar-refractivity contribution in [2.45, 2.75) is 51.6 Å². The summed E-state index contributed by atoms with van der Waals surface area (Å²) in [5.74, 6) is -0.835. The van der Waals surface area contributed by atoms with Gasteiger partial charge in [0, 0.05) is 4.70 Å². The first-order chi connectivity index (χ1) is 9.51. The Bertz CT molecular complexity index is 660. The van der Waals surface area contributed by atoms with E-state index < -0.39 is 14.8 Å². The second-order valence-corrected chi connectivity index (χ2v) is 14.3. The molecule has 0 fully saturated rings. The van der Waals surface area contributed by atoms with E-state index in [0.29, 0.717) is 5.56 Å². The zero-order valence-electron chi connectivity index (χ0n) is 13.7. The van der Waals surface area contributed by atoms with Crippen molar-refractivity contribution in [3.05, 3.63) is 29.8 Å². The average Bonchev–Trinajstić information content (AvgIpc) is 2.66. The Labute approximate surface area is 132 Å². The number of carbonyl (C=O) groups is 1. The second kappa shape index (κ2) is 5.25. The van der Waals surface area contributed by atoms with Gasteiger partial charge in [-0.3, -0.25) is 0 Å². The molecule has 1 aromatic carbocycles. The minimum absolute atomic E-state index is 0.266. The van der Waals surface area contributed by atoms with E-state index in [0.717, 1.165) is 10.1 Å². The molecule has 1 heterocycles. The number of thiophene rings is 1. The van der Waals surface area contributed by atoms with Crippen LogP contribution in [0.25, 0.3) is 10.1 Å². The fourth-order valence-electron chi connectivity index (χ4n) is 3.55. The molecule has 2 aromatic rings. The molecule has 1 N–H and O–H groups in total. The van der Waals surface area contributed by atoms with Crippen molar-refractivity contribution in [2.75, 3.05) is 0 Å². The molecule has 0 amide bonds. The van der Waals surface area contributed by atoms with E-state index in [-0.39, 0.29) is 10.1 Å². The van der Waals surface area contributed by atoms with Crippen molar-refractivity contribution < 1.29 is 9.90 Å². The smallest absolute Gasteiger partial charge is 0.337 e. The molecule has 114 valence electrons. The monoisotopic (exact) mass is 320 g/mol. The van der Waals surface area contributed by atoms with Crippen molar-refractivity contribution in [3.63, 3.8) is 0 Å². The normalized spacial score (nSPS) is 13.1. The van der Waals surface area contributed by atoms with Gasteiger partial charge in [-0.25, -0.2) is 4.79 Å². The van der Waals surface area contributed by atoms with Crippen LogP contribution in [0.2, 0.25) is 10.1 Å². The van der Waals surface area contributed by atoms with Crippen LogP contribution in [0.4, 0.5) is 0 Å². The molecular formula is C17H24O2SSi. The summed E-state index contributed by atoms with van der Waals surface area (Å²) in [6.07, 6.45) is 0. The Hall–Kier alpha value is -1.13. The SMILES string of the molecule is CC(C)(C)[SiH](c1cc2cccc(C(=O)O)c2s1)C(C)(C)C. The third-order valence-electron chi connectivity index (χ3n) is 3.81. The highest BCUT2D eigenvalue weighted by Crippen LogP contribution is 2.43. The largest absolute Gasteiger partial charge is 0.478 e. The van der Waals surface area contributed by atoms with Crippen LogP contribution in [0.5, 0.6) is 0 Å². The summed E-state index contributed by atoms with van der Waals surface area (Å²) in [6.45, 7) is 13.9. The number of hydrogen-bond donors (Lipinski definition) is 1. The van der Waals surface area contributed by atoms with E-state index >= 15 is 0 Å². The number of hydrogen-bond acceptors (Lipinski definition) is 2. The average molecular weight is 321 g/mol. The summed E-state index contributed by atoms with van der Waals surface area (Å²) in [6, 6.07) is 7.81. The van der Waals surface area contributed by atoms with Crippen molar-refractivity contribution in [2.24, 2.45) is 0 Å². The van der Waals surface area contributed by atoms with Crippen LogP contribution in [0.3, 0.4) is 0 Å². The second-order valence-electron chi connectivity index (χ2n) is 7.84. The lowest BCUT2D eigenvalue weighted by Gasteiger charge is -2.38. The van der Waals surface area contributed by atoms with E-state index in [2.05, 4.69) is 47.6 Å². The van der Waals surface area contributed by atoms with E-state index in [9.17, 15) is 9.90 Å². The number of benzene rings is 1. The third-order valence-corrected chi connectivity index (χ3v) is 10.1. The Balaban J connectivity index is 2.66. The highest BCUT2D eigenvalue weighted by Gasteiger charge is 2.39. The molecule has 2 nitrogen and oxygen atoms in total. The fourth-order valence-corrected chi connectivity index (χ4v) is 12.1. The minimum atomic E-state index is -1.27. The van der Waals surface area contributed by atoms with Gasteiger partial charge < -0.3 is 5.11 Å². The fraction of sp³-hybridized carbons (Fsp3) is 0.471. The molecule has 0 aliphatic carbocycles. The van der Waals surface area contributed by atoms with Crippen molar-refractivity contribution in [1.29, 1.82) is 0 Å². The highest BCUT2D eigenvalue weighted by molar-refractivity contribution is 7.29. The molecule has 0 saturated heterocycles. The molecule has 0 saturated carbocycles. The maximum Gasteiger partial charge on any atom is 0.337 e. The van der Waals surface area contributed by atoms with Gasteiger partial charge in [-0.1, -0.05) is 53.7 Å². The first-order valence-corrected chi connectivity index (χ1v) is 9.82. The van der Waals surface area contributed by atoms with Gasteiger partial charge in [0.2, 0.25) is 0 Å². The Morgan fingerprint density at radius 3 is 2.14 bits per heavy atom. The third kappa shape index (κ3) is 3.21. The highest BCUT2D eigenvalue weighted by atomic mass is 32.1. The lowest BCUT2D eigenvalue weighted by molar-refractivity contribution is 0.0699. The van der Waals surface area contributed by atoms with Gasteiger partial charge in [0.25, 0.3) is 0 Å². The summed E-state index contributed by atoms with van der Waals surface area (Å²) >= 11 is 1.69. The first kappa shape index (κ1) is 16.2. The number of fused-ring (bicyclic) bond motifs is 1. The van der Waals surface area contributed by atoms with Gasteiger partial charge in [0.1, 0.15) is 0 Å². The van der Waals surface area contributed by atoms with Gasteiger partial charge in [-0.2, -0.15) is 0 Å². The number of aromatic carboxylic acids is 1. The van der Waals surface area contributed by atoms with E-state index in [1.54, 1.807) is 17.4 Å². The van der Waals surface area contributed by atoms with Crippen LogP contribution in [0.1, 0.15) is 51.9 Å². The molecule has 0 spiro atoms. The standard InChI is InChI=1S/C17H24O2SSi/c1-16(2,3)21(17(4,5)6)13-10-11-8-7-9-12(15(18)19)14(11)20-13/h7-10,21H,1-6H3,(H,18,19). The van der Waals surface area contributed by atoms with Crippen molar-refractivity contribution in [1.82, 2.24) is 0 Å². The first-order valence-electron chi connectivity index (χ1n) is 7.27. The lowest BCUT2D eigenvalue weighted by Crippen LogP contribution is -2.44. The maximum absolute atomic E-state index is 11.4. The molecule has 0 radical (unpaired) electrons. The quantitative estimate of drug-likeness (QED) is 0.819. The van der Waals surface area contributed by atoms with Gasteiger partial charge in [-0.15, -0.1) is 11.3 Å². The molecule has 0 bridgehead atoms. The molecule has 0 aliphatic rings. The number of carboxylic acids is 1. The molecule has 0 atom stereocenters. The van der Waals surface area contributed by atoms with E-state index in [1.165, 1.54) is 4.50 Å². The van der Waals surface area contributed by atoms with Crippen LogP contribution in [0.15, 0.2) is 24.3 Å².